The minimum atomic E-state index is 0.611. The molecule has 0 bridgehead atoms. The van der Waals surface area contributed by atoms with Gasteiger partial charge in [-0.3, -0.25) is 0 Å². The van der Waals surface area contributed by atoms with Crippen molar-refractivity contribution in [1.29, 1.82) is 0 Å². The molecule has 0 aliphatic heterocycles. The van der Waals surface area contributed by atoms with Crippen LogP contribution in [0.5, 0.6) is 0 Å². The lowest BCUT2D eigenvalue weighted by molar-refractivity contribution is 0.408. The van der Waals surface area contributed by atoms with E-state index >= 15 is 0 Å². The Bertz CT molecular complexity index is 351. The standard InChI is InChI=1S/C13H25N5/c1-11(2)10-18(9-8-17(4)5)12-6-7-15-13(14-3)16-12/h6-7,11H,8-10H2,1-5H3,(H,14,15,16). The van der Waals surface area contributed by atoms with Gasteiger partial charge in [0.25, 0.3) is 0 Å². The molecule has 0 saturated heterocycles. The summed E-state index contributed by atoms with van der Waals surface area (Å²) in [6.45, 7) is 7.45. The topological polar surface area (TPSA) is 44.3 Å². The number of nitrogens with zero attached hydrogens (tertiary/aromatic N) is 4. The number of likely N-dealkylation sites (N-methyl/N-ethyl adjacent to an activating group) is 1. The highest BCUT2D eigenvalue weighted by atomic mass is 15.2. The number of anilines is 2. The summed E-state index contributed by atoms with van der Waals surface area (Å²) < 4.78 is 0. The van der Waals surface area contributed by atoms with Crippen LogP contribution in [-0.4, -0.2) is 55.6 Å². The third kappa shape index (κ3) is 4.87. The third-order valence-corrected chi connectivity index (χ3v) is 2.59. The second-order valence-electron chi connectivity index (χ2n) is 5.13. The van der Waals surface area contributed by atoms with Crippen molar-refractivity contribution in [3.05, 3.63) is 12.3 Å². The van der Waals surface area contributed by atoms with Gasteiger partial charge in [-0.2, -0.15) is 4.98 Å². The lowest BCUT2D eigenvalue weighted by Gasteiger charge is -2.27. The number of nitrogens with one attached hydrogen (secondary N) is 1. The van der Waals surface area contributed by atoms with Crippen molar-refractivity contribution in [2.24, 2.45) is 5.92 Å². The molecule has 0 aromatic carbocycles. The lowest BCUT2D eigenvalue weighted by Crippen LogP contribution is -2.35. The molecule has 5 heteroatoms. The van der Waals surface area contributed by atoms with E-state index in [9.17, 15) is 0 Å². The highest BCUT2D eigenvalue weighted by Crippen LogP contribution is 2.13. The summed E-state index contributed by atoms with van der Waals surface area (Å²) in [5.74, 6) is 2.27. The molecular weight excluding hydrogens is 226 g/mol. The fourth-order valence-corrected chi connectivity index (χ4v) is 1.71. The summed E-state index contributed by atoms with van der Waals surface area (Å²) in [7, 11) is 6.02. The van der Waals surface area contributed by atoms with Crippen LogP contribution in [0.4, 0.5) is 11.8 Å². The van der Waals surface area contributed by atoms with Crippen LogP contribution < -0.4 is 10.2 Å². The highest BCUT2D eigenvalue weighted by Gasteiger charge is 2.11. The van der Waals surface area contributed by atoms with E-state index in [1.807, 2.05) is 13.1 Å². The molecule has 0 amide bonds. The number of aromatic nitrogens is 2. The molecule has 5 nitrogen and oxygen atoms in total. The Kier molecular flexibility index (Phi) is 5.85. The van der Waals surface area contributed by atoms with Gasteiger partial charge in [0, 0.05) is 32.9 Å². The Morgan fingerprint density at radius 2 is 2.00 bits per heavy atom. The number of hydrogen-bond acceptors (Lipinski definition) is 5. The van der Waals surface area contributed by atoms with Crippen molar-refractivity contribution < 1.29 is 0 Å². The predicted molar refractivity (Wildman–Crippen MR) is 77.2 cm³/mol. The average Bonchev–Trinajstić information content (AvgIpc) is 2.34. The molecule has 0 radical (unpaired) electrons. The van der Waals surface area contributed by atoms with Gasteiger partial charge >= 0.3 is 0 Å². The van der Waals surface area contributed by atoms with Crippen LogP contribution in [0.2, 0.25) is 0 Å². The van der Waals surface area contributed by atoms with Crippen molar-refractivity contribution in [3.63, 3.8) is 0 Å². The Morgan fingerprint density at radius 3 is 2.56 bits per heavy atom. The zero-order chi connectivity index (χ0) is 13.5. The van der Waals surface area contributed by atoms with Crippen molar-refractivity contribution >= 4 is 11.8 Å². The van der Waals surface area contributed by atoms with Crippen LogP contribution in [0.15, 0.2) is 12.3 Å². The average molecular weight is 251 g/mol. The van der Waals surface area contributed by atoms with E-state index in [1.165, 1.54) is 0 Å². The first-order valence-corrected chi connectivity index (χ1v) is 6.43. The smallest absolute Gasteiger partial charge is 0.224 e. The number of hydrogen-bond donors (Lipinski definition) is 1. The molecule has 1 aromatic heterocycles. The van der Waals surface area contributed by atoms with Crippen molar-refractivity contribution in [2.75, 3.05) is 51.0 Å². The van der Waals surface area contributed by atoms with Gasteiger partial charge in [0.2, 0.25) is 5.95 Å². The normalized spacial score (nSPS) is 11.1. The maximum Gasteiger partial charge on any atom is 0.224 e. The van der Waals surface area contributed by atoms with Gasteiger partial charge in [-0.15, -0.1) is 0 Å². The summed E-state index contributed by atoms with van der Waals surface area (Å²) in [5.41, 5.74) is 0. The summed E-state index contributed by atoms with van der Waals surface area (Å²) in [5, 5.41) is 2.98. The lowest BCUT2D eigenvalue weighted by atomic mass is 10.2. The maximum atomic E-state index is 4.51. The summed E-state index contributed by atoms with van der Waals surface area (Å²) in [6.07, 6.45) is 1.80. The van der Waals surface area contributed by atoms with E-state index < -0.39 is 0 Å². The van der Waals surface area contributed by atoms with E-state index in [2.05, 4.69) is 53.0 Å². The van der Waals surface area contributed by atoms with E-state index in [-0.39, 0.29) is 0 Å². The van der Waals surface area contributed by atoms with Gasteiger partial charge in [0.05, 0.1) is 0 Å². The van der Waals surface area contributed by atoms with Crippen molar-refractivity contribution in [1.82, 2.24) is 14.9 Å². The second kappa shape index (κ2) is 7.16. The fraction of sp³-hybridized carbons (Fsp3) is 0.692. The van der Waals surface area contributed by atoms with Crippen LogP contribution in [0.25, 0.3) is 0 Å². The molecular formula is C13H25N5. The minimum absolute atomic E-state index is 0.611. The molecule has 0 spiro atoms. The van der Waals surface area contributed by atoms with E-state index in [0.29, 0.717) is 11.9 Å². The van der Waals surface area contributed by atoms with Crippen molar-refractivity contribution in [3.8, 4) is 0 Å². The largest absolute Gasteiger partial charge is 0.357 e. The quantitative estimate of drug-likeness (QED) is 0.796. The van der Waals surface area contributed by atoms with Crippen LogP contribution in [0.1, 0.15) is 13.8 Å². The first-order valence-electron chi connectivity index (χ1n) is 6.43. The van der Waals surface area contributed by atoms with Gasteiger partial charge in [-0.25, -0.2) is 4.98 Å². The fourth-order valence-electron chi connectivity index (χ4n) is 1.71. The number of rotatable bonds is 7. The predicted octanol–water partition coefficient (Wildman–Crippen LogP) is 1.54. The third-order valence-electron chi connectivity index (χ3n) is 2.59. The molecule has 1 rings (SSSR count). The summed E-state index contributed by atoms with van der Waals surface area (Å²) >= 11 is 0. The van der Waals surface area contributed by atoms with E-state index in [1.54, 1.807) is 6.20 Å². The van der Waals surface area contributed by atoms with Crippen molar-refractivity contribution in [2.45, 2.75) is 13.8 Å². The highest BCUT2D eigenvalue weighted by molar-refractivity contribution is 5.42. The SMILES string of the molecule is CNc1nccc(N(CCN(C)C)CC(C)C)n1. The molecule has 1 N–H and O–H groups in total. The molecule has 102 valence electrons. The molecule has 0 saturated carbocycles. The molecule has 18 heavy (non-hydrogen) atoms. The van der Waals surface area contributed by atoms with Gasteiger partial charge < -0.3 is 15.1 Å². The molecule has 0 atom stereocenters. The zero-order valence-corrected chi connectivity index (χ0v) is 12.1. The Labute approximate surface area is 110 Å². The molecule has 1 heterocycles. The first kappa shape index (κ1) is 14.7. The van der Waals surface area contributed by atoms with E-state index in [0.717, 1.165) is 25.5 Å². The van der Waals surface area contributed by atoms with Crippen LogP contribution in [-0.2, 0) is 0 Å². The van der Waals surface area contributed by atoms with Gasteiger partial charge in [-0.05, 0) is 26.1 Å². The van der Waals surface area contributed by atoms with Crippen LogP contribution in [0.3, 0.4) is 0 Å². The van der Waals surface area contributed by atoms with Crippen LogP contribution in [0, 0.1) is 5.92 Å². The Balaban J connectivity index is 2.79. The summed E-state index contributed by atoms with van der Waals surface area (Å²) in [4.78, 5) is 13.2. The molecule has 0 aliphatic rings. The second-order valence-corrected chi connectivity index (χ2v) is 5.13. The maximum absolute atomic E-state index is 4.51. The molecule has 0 fully saturated rings. The molecule has 0 unspecified atom stereocenters. The monoisotopic (exact) mass is 251 g/mol. The van der Waals surface area contributed by atoms with Gasteiger partial charge in [0.15, 0.2) is 0 Å². The Hall–Kier alpha value is -1.36. The van der Waals surface area contributed by atoms with Gasteiger partial charge in [-0.1, -0.05) is 13.8 Å². The Morgan fingerprint density at radius 1 is 1.28 bits per heavy atom. The van der Waals surface area contributed by atoms with Gasteiger partial charge in [0.1, 0.15) is 5.82 Å². The first-order chi connectivity index (χ1) is 8.52. The molecule has 1 aromatic rings. The zero-order valence-electron chi connectivity index (χ0n) is 12.1. The minimum Gasteiger partial charge on any atom is -0.357 e. The molecule has 0 aliphatic carbocycles. The van der Waals surface area contributed by atoms with E-state index in [4.69, 9.17) is 0 Å². The van der Waals surface area contributed by atoms with Crippen LogP contribution >= 0.6 is 0 Å². The summed E-state index contributed by atoms with van der Waals surface area (Å²) in [6, 6.07) is 1.97.